The number of carbonyl (C=O) groups is 1. The smallest absolute Gasteiger partial charge is 0.188 e. The van der Waals surface area contributed by atoms with Crippen LogP contribution in [0.5, 0.6) is 5.75 Å². The van der Waals surface area contributed by atoms with E-state index < -0.39 is 0 Å². The molecular formula is C14H20O3S. The second-order valence-electron chi connectivity index (χ2n) is 4.34. The van der Waals surface area contributed by atoms with Crippen LogP contribution in [0, 0.1) is 0 Å². The summed E-state index contributed by atoms with van der Waals surface area (Å²) in [6.07, 6.45) is 0.937. The molecule has 100 valence electrons. The summed E-state index contributed by atoms with van der Waals surface area (Å²) in [5.74, 6) is 1.19. The Morgan fingerprint density at radius 2 is 2.06 bits per heavy atom. The number of thioether (sulfide) groups is 1. The minimum absolute atomic E-state index is 0.0858. The summed E-state index contributed by atoms with van der Waals surface area (Å²) in [5.41, 5.74) is 1.13. The summed E-state index contributed by atoms with van der Waals surface area (Å²) in [6, 6.07) is 6.02. The number of ether oxygens (including phenoxy) is 2. The highest BCUT2D eigenvalue weighted by molar-refractivity contribution is 8.00. The molecule has 0 spiro atoms. The zero-order valence-corrected chi connectivity index (χ0v) is 12.1. The molecule has 0 aliphatic heterocycles. The largest absolute Gasteiger partial charge is 0.466 e. The fraction of sp³-hybridized carbons (Fsp3) is 0.500. The maximum absolute atomic E-state index is 10.8. The zero-order valence-electron chi connectivity index (χ0n) is 11.3. The molecule has 0 heterocycles. The van der Waals surface area contributed by atoms with Crippen molar-refractivity contribution < 1.29 is 14.3 Å². The van der Waals surface area contributed by atoms with E-state index in [0.29, 0.717) is 5.92 Å². The SMILES string of the molecule is COCOc1c(SC(C)C=O)cccc1C(C)C. The Morgan fingerprint density at radius 1 is 1.33 bits per heavy atom. The van der Waals surface area contributed by atoms with Crippen LogP contribution in [0.3, 0.4) is 0 Å². The van der Waals surface area contributed by atoms with Crippen molar-refractivity contribution in [3.63, 3.8) is 0 Å². The van der Waals surface area contributed by atoms with E-state index in [4.69, 9.17) is 9.47 Å². The fourth-order valence-corrected chi connectivity index (χ4v) is 2.48. The molecule has 1 rings (SSSR count). The van der Waals surface area contributed by atoms with Crippen molar-refractivity contribution >= 4 is 18.0 Å². The molecule has 1 atom stereocenters. The van der Waals surface area contributed by atoms with Gasteiger partial charge in [-0.1, -0.05) is 26.0 Å². The third-order valence-electron chi connectivity index (χ3n) is 2.46. The van der Waals surface area contributed by atoms with Gasteiger partial charge >= 0.3 is 0 Å². The van der Waals surface area contributed by atoms with Crippen molar-refractivity contribution in [1.82, 2.24) is 0 Å². The van der Waals surface area contributed by atoms with E-state index in [2.05, 4.69) is 13.8 Å². The average molecular weight is 268 g/mol. The molecule has 0 radical (unpaired) electrons. The summed E-state index contributed by atoms with van der Waals surface area (Å²) in [5, 5.41) is -0.0858. The minimum atomic E-state index is -0.0858. The molecule has 0 N–H and O–H groups in total. The predicted octanol–water partition coefficient (Wildman–Crippen LogP) is 3.47. The summed E-state index contributed by atoms with van der Waals surface area (Å²) >= 11 is 1.50. The summed E-state index contributed by atoms with van der Waals surface area (Å²) < 4.78 is 10.6. The van der Waals surface area contributed by atoms with Gasteiger partial charge in [-0.05, 0) is 24.5 Å². The van der Waals surface area contributed by atoms with Crippen LogP contribution in [-0.2, 0) is 9.53 Å². The van der Waals surface area contributed by atoms with Crippen LogP contribution in [-0.4, -0.2) is 25.4 Å². The van der Waals surface area contributed by atoms with E-state index in [1.54, 1.807) is 7.11 Å². The van der Waals surface area contributed by atoms with Crippen LogP contribution in [0.4, 0.5) is 0 Å². The molecule has 0 saturated carbocycles. The van der Waals surface area contributed by atoms with Gasteiger partial charge in [0.05, 0.1) is 10.1 Å². The first-order valence-corrected chi connectivity index (χ1v) is 6.84. The Labute approximate surface area is 113 Å². The van der Waals surface area contributed by atoms with Gasteiger partial charge in [-0.25, -0.2) is 0 Å². The van der Waals surface area contributed by atoms with E-state index in [0.717, 1.165) is 22.5 Å². The molecule has 3 nitrogen and oxygen atoms in total. The molecule has 1 aromatic carbocycles. The van der Waals surface area contributed by atoms with E-state index in [9.17, 15) is 4.79 Å². The minimum Gasteiger partial charge on any atom is -0.466 e. The Morgan fingerprint density at radius 3 is 2.61 bits per heavy atom. The molecule has 1 aromatic rings. The van der Waals surface area contributed by atoms with E-state index >= 15 is 0 Å². The topological polar surface area (TPSA) is 35.5 Å². The van der Waals surface area contributed by atoms with Crippen LogP contribution < -0.4 is 4.74 Å². The third kappa shape index (κ3) is 4.03. The first-order valence-electron chi connectivity index (χ1n) is 5.96. The van der Waals surface area contributed by atoms with Crippen LogP contribution in [0.1, 0.15) is 32.3 Å². The molecule has 18 heavy (non-hydrogen) atoms. The standard InChI is InChI=1S/C14H20O3S/c1-10(2)12-6-5-7-13(18-11(3)8-15)14(12)17-9-16-4/h5-8,10-11H,9H2,1-4H3. The first kappa shape index (κ1) is 15.1. The lowest BCUT2D eigenvalue weighted by Gasteiger charge is -2.17. The van der Waals surface area contributed by atoms with Gasteiger partial charge in [-0.2, -0.15) is 0 Å². The lowest BCUT2D eigenvalue weighted by molar-refractivity contribution is -0.107. The van der Waals surface area contributed by atoms with Crippen LogP contribution in [0.15, 0.2) is 23.1 Å². The van der Waals surface area contributed by atoms with Gasteiger partial charge in [0.2, 0.25) is 0 Å². The number of rotatable bonds is 7. The molecule has 4 heteroatoms. The number of benzene rings is 1. The second kappa shape index (κ2) is 7.44. The van der Waals surface area contributed by atoms with Crippen LogP contribution in [0.25, 0.3) is 0 Å². The molecule has 0 fully saturated rings. The maximum Gasteiger partial charge on any atom is 0.188 e. The van der Waals surface area contributed by atoms with Gasteiger partial charge < -0.3 is 14.3 Å². The molecule has 0 aliphatic rings. The van der Waals surface area contributed by atoms with Gasteiger partial charge in [-0.3, -0.25) is 0 Å². The van der Waals surface area contributed by atoms with E-state index in [-0.39, 0.29) is 12.0 Å². The number of carbonyl (C=O) groups excluding carboxylic acids is 1. The van der Waals surface area contributed by atoms with Crippen molar-refractivity contribution in [3.8, 4) is 5.75 Å². The Bertz CT molecular complexity index is 391. The number of hydrogen-bond acceptors (Lipinski definition) is 4. The van der Waals surface area contributed by atoms with Crippen molar-refractivity contribution in [2.45, 2.75) is 36.8 Å². The molecule has 0 aromatic heterocycles. The van der Waals surface area contributed by atoms with Gasteiger partial charge in [-0.15, -0.1) is 11.8 Å². The van der Waals surface area contributed by atoms with Crippen molar-refractivity contribution in [1.29, 1.82) is 0 Å². The number of para-hydroxylation sites is 1. The quantitative estimate of drug-likeness (QED) is 0.431. The van der Waals surface area contributed by atoms with E-state index in [1.165, 1.54) is 11.8 Å². The second-order valence-corrected chi connectivity index (χ2v) is 5.76. The van der Waals surface area contributed by atoms with Crippen molar-refractivity contribution in [2.24, 2.45) is 0 Å². The molecule has 0 amide bonds. The highest BCUT2D eigenvalue weighted by Crippen LogP contribution is 2.37. The zero-order chi connectivity index (χ0) is 13.5. The lowest BCUT2D eigenvalue weighted by atomic mass is 10.0. The normalized spacial score (nSPS) is 12.5. The third-order valence-corrected chi connectivity index (χ3v) is 3.52. The highest BCUT2D eigenvalue weighted by Gasteiger charge is 2.15. The Hall–Kier alpha value is -1.00. The summed E-state index contributed by atoms with van der Waals surface area (Å²) in [4.78, 5) is 11.8. The molecule has 0 aliphatic carbocycles. The lowest BCUT2D eigenvalue weighted by Crippen LogP contribution is -2.05. The maximum atomic E-state index is 10.8. The van der Waals surface area contributed by atoms with Gasteiger partial charge in [0.25, 0.3) is 0 Å². The fourth-order valence-electron chi connectivity index (χ4n) is 1.58. The molecule has 0 bridgehead atoms. The average Bonchev–Trinajstić information content (AvgIpc) is 2.36. The number of methoxy groups -OCH3 is 1. The van der Waals surface area contributed by atoms with Crippen LogP contribution >= 0.6 is 11.8 Å². The van der Waals surface area contributed by atoms with Crippen molar-refractivity contribution in [3.05, 3.63) is 23.8 Å². The number of hydrogen-bond donors (Lipinski definition) is 0. The Balaban J connectivity index is 3.06. The van der Waals surface area contributed by atoms with E-state index in [1.807, 2.05) is 25.1 Å². The van der Waals surface area contributed by atoms with Gasteiger partial charge in [0.15, 0.2) is 6.79 Å². The van der Waals surface area contributed by atoms with Gasteiger partial charge in [0, 0.05) is 7.11 Å². The number of aldehydes is 1. The molecule has 0 saturated heterocycles. The monoisotopic (exact) mass is 268 g/mol. The Kier molecular flexibility index (Phi) is 6.22. The molecular weight excluding hydrogens is 248 g/mol. The highest BCUT2D eigenvalue weighted by atomic mass is 32.2. The predicted molar refractivity (Wildman–Crippen MR) is 74.4 cm³/mol. The molecule has 1 unspecified atom stereocenters. The van der Waals surface area contributed by atoms with Crippen molar-refractivity contribution in [2.75, 3.05) is 13.9 Å². The first-order chi connectivity index (χ1) is 8.60. The van der Waals surface area contributed by atoms with Gasteiger partial charge in [0.1, 0.15) is 12.0 Å². The summed E-state index contributed by atoms with van der Waals surface area (Å²) in [6.45, 7) is 6.33. The summed E-state index contributed by atoms with van der Waals surface area (Å²) in [7, 11) is 1.60. The van der Waals surface area contributed by atoms with Crippen LogP contribution in [0.2, 0.25) is 0 Å².